The Morgan fingerprint density at radius 1 is 1.31 bits per heavy atom. The third-order valence-electron chi connectivity index (χ3n) is 2.88. The number of rotatable bonds is 5. The standard InChI is InChI=1S/C12H20N2O2/c1-4-14(5-2)7-11-10(8-15)6-13-9(3)12(11)16/h6,15-16H,4-5,7-8H2,1-3H3. The van der Waals surface area contributed by atoms with Gasteiger partial charge in [0.25, 0.3) is 0 Å². The molecule has 0 atom stereocenters. The predicted octanol–water partition coefficient (Wildman–Crippen LogP) is 1.43. The molecule has 4 heteroatoms. The van der Waals surface area contributed by atoms with Gasteiger partial charge in [0.1, 0.15) is 5.75 Å². The average Bonchev–Trinajstić information content (AvgIpc) is 2.31. The van der Waals surface area contributed by atoms with Gasteiger partial charge in [0.05, 0.1) is 12.3 Å². The van der Waals surface area contributed by atoms with E-state index in [0.717, 1.165) is 18.7 Å². The Morgan fingerprint density at radius 2 is 1.94 bits per heavy atom. The molecule has 0 fully saturated rings. The van der Waals surface area contributed by atoms with E-state index in [2.05, 4.69) is 23.7 Å². The summed E-state index contributed by atoms with van der Waals surface area (Å²) < 4.78 is 0. The van der Waals surface area contributed by atoms with Gasteiger partial charge in [0.15, 0.2) is 0 Å². The zero-order valence-electron chi connectivity index (χ0n) is 10.2. The molecule has 0 unspecified atom stereocenters. The smallest absolute Gasteiger partial charge is 0.141 e. The van der Waals surface area contributed by atoms with E-state index in [1.807, 2.05) is 0 Å². The van der Waals surface area contributed by atoms with Crippen molar-refractivity contribution in [3.63, 3.8) is 0 Å². The number of aryl methyl sites for hydroxylation is 1. The van der Waals surface area contributed by atoms with Crippen molar-refractivity contribution in [2.45, 2.75) is 33.9 Å². The molecule has 0 amide bonds. The first kappa shape index (κ1) is 12.9. The van der Waals surface area contributed by atoms with Gasteiger partial charge in [0, 0.05) is 23.9 Å². The average molecular weight is 224 g/mol. The molecule has 2 N–H and O–H groups in total. The molecule has 1 aromatic heterocycles. The highest BCUT2D eigenvalue weighted by Crippen LogP contribution is 2.25. The zero-order valence-corrected chi connectivity index (χ0v) is 10.2. The number of nitrogens with zero attached hydrogens (tertiary/aromatic N) is 2. The van der Waals surface area contributed by atoms with Crippen molar-refractivity contribution in [1.82, 2.24) is 9.88 Å². The van der Waals surface area contributed by atoms with Crippen molar-refractivity contribution in [3.8, 4) is 5.75 Å². The van der Waals surface area contributed by atoms with Crippen molar-refractivity contribution in [2.24, 2.45) is 0 Å². The molecule has 0 aliphatic rings. The normalized spacial score (nSPS) is 11.1. The Hall–Kier alpha value is -1.13. The van der Waals surface area contributed by atoms with Crippen LogP contribution in [-0.2, 0) is 13.2 Å². The number of aromatic nitrogens is 1. The molecule has 90 valence electrons. The summed E-state index contributed by atoms with van der Waals surface area (Å²) in [4.78, 5) is 6.23. The minimum atomic E-state index is -0.0859. The lowest BCUT2D eigenvalue weighted by atomic mass is 10.1. The Balaban J connectivity index is 3.04. The molecule has 0 aliphatic carbocycles. The van der Waals surface area contributed by atoms with Crippen LogP contribution >= 0.6 is 0 Å². The quantitative estimate of drug-likeness (QED) is 0.794. The van der Waals surface area contributed by atoms with Crippen LogP contribution in [0.25, 0.3) is 0 Å². The minimum absolute atomic E-state index is 0.0859. The molecule has 16 heavy (non-hydrogen) atoms. The molecule has 1 rings (SSSR count). The number of aliphatic hydroxyl groups excluding tert-OH is 1. The Labute approximate surface area is 96.6 Å². The summed E-state index contributed by atoms with van der Waals surface area (Å²) in [7, 11) is 0. The lowest BCUT2D eigenvalue weighted by Gasteiger charge is -2.20. The Bertz CT molecular complexity index is 349. The van der Waals surface area contributed by atoms with Crippen LogP contribution in [0.3, 0.4) is 0 Å². The third kappa shape index (κ3) is 2.71. The largest absolute Gasteiger partial charge is 0.506 e. The van der Waals surface area contributed by atoms with Crippen molar-refractivity contribution in [2.75, 3.05) is 13.1 Å². The zero-order chi connectivity index (χ0) is 12.1. The highest BCUT2D eigenvalue weighted by atomic mass is 16.3. The molecular formula is C12H20N2O2. The predicted molar refractivity (Wildman–Crippen MR) is 63.2 cm³/mol. The fraction of sp³-hybridized carbons (Fsp3) is 0.583. The summed E-state index contributed by atoms with van der Waals surface area (Å²) in [6, 6.07) is 0. The molecule has 4 nitrogen and oxygen atoms in total. The second-order valence-electron chi connectivity index (χ2n) is 3.82. The second-order valence-corrected chi connectivity index (χ2v) is 3.82. The summed E-state index contributed by atoms with van der Waals surface area (Å²) in [6.07, 6.45) is 1.63. The molecule has 0 aliphatic heterocycles. The van der Waals surface area contributed by atoms with Gasteiger partial charge in [-0.25, -0.2) is 0 Å². The topological polar surface area (TPSA) is 56.6 Å². The monoisotopic (exact) mass is 224 g/mol. The molecular weight excluding hydrogens is 204 g/mol. The van der Waals surface area contributed by atoms with Gasteiger partial charge >= 0.3 is 0 Å². The van der Waals surface area contributed by atoms with Crippen molar-refractivity contribution in [3.05, 3.63) is 23.0 Å². The lowest BCUT2D eigenvalue weighted by molar-refractivity contribution is 0.264. The SMILES string of the molecule is CCN(CC)Cc1c(CO)cnc(C)c1O. The van der Waals surface area contributed by atoms with Crippen LogP contribution in [0, 0.1) is 6.92 Å². The molecule has 1 aromatic rings. The first-order valence-electron chi connectivity index (χ1n) is 5.63. The van der Waals surface area contributed by atoms with Gasteiger partial charge < -0.3 is 10.2 Å². The Kier molecular flexibility index (Phi) is 4.71. The van der Waals surface area contributed by atoms with E-state index >= 15 is 0 Å². The van der Waals surface area contributed by atoms with E-state index in [0.29, 0.717) is 17.8 Å². The highest BCUT2D eigenvalue weighted by Gasteiger charge is 2.13. The second kappa shape index (κ2) is 5.82. The van der Waals surface area contributed by atoms with Crippen LogP contribution in [-0.4, -0.2) is 33.2 Å². The molecule has 0 spiro atoms. The first-order valence-corrected chi connectivity index (χ1v) is 5.63. The molecule has 1 heterocycles. The summed E-state index contributed by atoms with van der Waals surface area (Å²) in [6.45, 7) is 8.32. The lowest BCUT2D eigenvalue weighted by Crippen LogP contribution is -2.23. The maximum Gasteiger partial charge on any atom is 0.141 e. The summed E-state index contributed by atoms with van der Waals surface area (Å²) >= 11 is 0. The summed E-state index contributed by atoms with van der Waals surface area (Å²) in [5.41, 5.74) is 2.10. The summed E-state index contributed by atoms with van der Waals surface area (Å²) in [5, 5.41) is 19.2. The van der Waals surface area contributed by atoms with E-state index in [1.54, 1.807) is 13.1 Å². The molecule has 0 bridgehead atoms. The van der Waals surface area contributed by atoms with Crippen LogP contribution < -0.4 is 0 Å². The fourth-order valence-corrected chi connectivity index (χ4v) is 1.67. The van der Waals surface area contributed by atoms with Crippen molar-refractivity contribution < 1.29 is 10.2 Å². The molecule has 0 radical (unpaired) electrons. The van der Waals surface area contributed by atoms with Gasteiger partial charge in [-0.1, -0.05) is 13.8 Å². The third-order valence-corrected chi connectivity index (χ3v) is 2.88. The first-order chi connectivity index (χ1) is 7.63. The molecule has 0 saturated carbocycles. The van der Waals surface area contributed by atoms with Gasteiger partial charge in [-0.05, 0) is 20.0 Å². The van der Waals surface area contributed by atoms with Gasteiger partial charge in [0.2, 0.25) is 0 Å². The van der Waals surface area contributed by atoms with Gasteiger partial charge in [-0.3, -0.25) is 9.88 Å². The van der Waals surface area contributed by atoms with E-state index in [4.69, 9.17) is 0 Å². The van der Waals surface area contributed by atoms with Crippen LogP contribution in [0.15, 0.2) is 6.20 Å². The van der Waals surface area contributed by atoms with E-state index in [9.17, 15) is 10.2 Å². The summed E-state index contributed by atoms with van der Waals surface area (Å²) in [5.74, 6) is 0.207. The van der Waals surface area contributed by atoms with E-state index in [1.165, 1.54) is 0 Å². The molecule has 0 aromatic carbocycles. The maximum absolute atomic E-state index is 9.95. The van der Waals surface area contributed by atoms with Crippen molar-refractivity contribution in [1.29, 1.82) is 0 Å². The van der Waals surface area contributed by atoms with E-state index < -0.39 is 0 Å². The maximum atomic E-state index is 9.95. The van der Waals surface area contributed by atoms with E-state index in [-0.39, 0.29) is 12.4 Å². The fourth-order valence-electron chi connectivity index (χ4n) is 1.67. The van der Waals surface area contributed by atoms with Gasteiger partial charge in [-0.2, -0.15) is 0 Å². The Morgan fingerprint density at radius 3 is 2.44 bits per heavy atom. The van der Waals surface area contributed by atoms with Crippen LogP contribution in [0.5, 0.6) is 5.75 Å². The minimum Gasteiger partial charge on any atom is -0.506 e. The number of aliphatic hydroxyl groups is 1. The highest BCUT2D eigenvalue weighted by molar-refractivity contribution is 5.40. The van der Waals surface area contributed by atoms with Gasteiger partial charge in [-0.15, -0.1) is 0 Å². The number of hydrogen-bond donors (Lipinski definition) is 2. The molecule has 0 saturated heterocycles. The van der Waals surface area contributed by atoms with Crippen molar-refractivity contribution >= 4 is 0 Å². The van der Waals surface area contributed by atoms with Crippen LogP contribution in [0.1, 0.15) is 30.7 Å². The van der Waals surface area contributed by atoms with Crippen LogP contribution in [0.4, 0.5) is 0 Å². The number of pyridine rings is 1. The number of hydrogen-bond acceptors (Lipinski definition) is 4. The van der Waals surface area contributed by atoms with Crippen LogP contribution in [0.2, 0.25) is 0 Å². The number of aromatic hydroxyl groups is 1.